The van der Waals surface area contributed by atoms with E-state index < -0.39 is 0 Å². The first kappa shape index (κ1) is 11.5. The highest BCUT2D eigenvalue weighted by Gasteiger charge is 2.09. The lowest BCUT2D eigenvalue weighted by Crippen LogP contribution is -2.06. The van der Waals surface area contributed by atoms with Crippen molar-refractivity contribution in [3.8, 4) is 0 Å². The Balaban J connectivity index is 1.89. The predicted molar refractivity (Wildman–Crippen MR) is 71.4 cm³/mol. The topological polar surface area (TPSA) is 110 Å². The molecule has 0 aliphatic rings. The van der Waals surface area contributed by atoms with E-state index in [-0.39, 0.29) is 5.95 Å². The lowest BCUT2D eigenvalue weighted by molar-refractivity contribution is 0.738. The maximum atomic E-state index is 5.65. The van der Waals surface area contributed by atoms with Crippen LogP contribution in [-0.2, 0) is 13.6 Å². The van der Waals surface area contributed by atoms with E-state index in [9.17, 15) is 0 Å². The number of nitrogens with zero attached hydrogens (tertiary/aromatic N) is 5. The van der Waals surface area contributed by atoms with Crippen LogP contribution in [0.15, 0.2) is 12.5 Å². The summed E-state index contributed by atoms with van der Waals surface area (Å²) in [4.78, 5) is 15.3. The van der Waals surface area contributed by atoms with Gasteiger partial charge in [-0.25, -0.2) is 4.98 Å². The minimum atomic E-state index is 0.199. The second kappa shape index (κ2) is 4.23. The van der Waals surface area contributed by atoms with Crippen molar-refractivity contribution < 1.29 is 0 Å². The summed E-state index contributed by atoms with van der Waals surface area (Å²) in [6, 6.07) is 0. The summed E-state index contributed by atoms with van der Waals surface area (Å²) < 4.78 is 1.83. The zero-order chi connectivity index (χ0) is 13.4. The molecule has 3 aromatic rings. The van der Waals surface area contributed by atoms with E-state index in [0.29, 0.717) is 18.0 Å². The minimum Gasteiger partial charge on any atom is -0.368 e. The third-order valence-corrected chi connectivity index (χ3v) is 3.09. The number of hydrogen-bond acceptors (Lipinski definition) is 6. The van der Waals surface area contributed by atoms with E-state index in [1.165, 1.54) is 0 Å². The van der Waals surface area contributed by atoms with Gasteiger partial charge in [0, 0.05) is 24.8 Å². The van der Waals surface area contributed by atoms with Gasteiger partial charge in [0.15, 0.2) is 11.5 Å². The van der Waals surface area contributed by atoms with E-state index >= 15 is 0 Å². The minimum absolute atomic E-state index is 0.199. The molecule has 98 valence electrons. The Morgan fingerprint density at radius 1 is 1.42 bits per heavy atom. The maximum absolute atomic E-state index is 5.65. The number of fused-ring (bicyclic) bond motifs is 1. The first-order chi connectivity index (χ1) is 9.15. The smallest absolute Gasteiger partial charge is 0.224 e. The molecule has 0 saturated heterocycles. The third kappa shape index (κ3) is 1.96. The molecule has 0 atom stereocenters. The average molecular weight is 258 g/mol. The molecule has 3 rings (SSSR count). The fourth-order valence-electron chi connectivity index (χ4n) is 1.87. The number of aromatic amines is 1. The van der Waals surface area contributed by atoms with Gasteiger partial charge in [0.25, 0.3) is 0 Å². The molecular formula is C11H14N8. The lowest BCUT2D eigenvalue weighted by Gasteiger charge is -2.06. The summed E-state index contributed by atoms with van der Waals surface area (Å²) in [7, 11) is 1.91. The molecule has 8 nitrogen and oxygen atoms in total. The van der Waals surface area contributed by atoms with E-state index in [1.807, 2.05) is 24.9 Å². The Morgan fingerprint density at radius 3 is 3.00 bits per heavy atom. The number of nitrogen functional groups attached to an aromatic ring is 1. The lowest BCUT2D eigenvalue weighted by atomic mass is 10.2. The Morgan fingerprint density at radius 2 is 2.26 bits per heavy atom. The zero-order valence-electron chi connectivity index (χ0n) is 10.7. The van der Waals surface area contributed by atoms with Gasteiger partial charge in [-0.2, -0.15) is 15.1 Å². The highest BCUT2D eigenvalue weighted by Crippen LogP contribution is 2.18. The van der Waals surface area contributed by atoms with E-state index in [1.54, 1.807) is 6.33 Å². The van der Waals surface area contributed by atoms with Crippen molar-refractivity contribution in [3.63, 3.8) is 0 Å². The largest absolute Gasteiger partial charge is 0.368 e. The molecule has 3 heterocycles. The Kier molecular flexibility index (Phi) is 2.55. The first-order valence-electron chi connectivity index (χ1n) is 5.83. The van der Waals surface area contributed by atoms with Gasteiger partial charge in [0.1, 0.15) is 5.52 Å². The van der Waals surface area contributed by atoms with E-state index in [4.69, 9.17) is 5.73 Å². The van der Waals surface area contributed by atoms with Gasteiger partial charge in [-0.3, -0.25) is 4.68 Å². The molecule has 0 aromatic carbocycles. The van der Waals surface area contributed by atoms with Crippen LogP contribution < -0.4 is 11.1 Å². The van der Waals surface area contributed by atoms with Gasteiger partial charge in [0.05, 0.1) is 12.5 Å². The second-order valence-corrected chi connectivity index (χ2v) is 4.26. The fraction of sp³-hybridized carbons (Fsp3) is 0.273. The molecule has 0 aliphatic heterocycles. The Labute approximate surface area is 109 Å². The number of imidazole rings is 1. The van der Waals surface area contributed by atoms with Crippen LogP contribution in [0.3, 0.4) is 0 Å². The highest BCUT2D eigenvalue weighted by atomic mass is 15.3. The standard InChI is InChI=1S/C11H14N8/c1-6-7(4-16-19(6)2)3-13-9-8-10(15-5-14-8)18-11(12)17-9/h4-5H,3H2,1-2H3,(H4,12,13,14,15,17,18). The molecule has 0 unspecified atom stereocenters. The van der Waals surface area contributed by atoms with Crippen LogP contribution >= 0.6 is 0 Å². The molecular weight excluding hydrogens is 244 g/mol. The van der Waals surface area contributed by atoms with Crippen molar-refractivity contribution >= 4 is 22.9 Å². The summed E-state index contributed by atoms with van der Waals surface area (Å²) in [5.74, 6) is 0.841. The van der Waals surface area contributed by atoms with Crippen LogP contribution in [0.25, 0.3) is 11.2 Å². The van der Waals surface area contributed by atoms with Crippen molar-refractivity contribution in [3.05, 3.63) is 23.8 Å². The number of aromatic nitrogens is 6. The summed E-state index contributed by atoms with van der Waals surface area (Å²) in [5, 5.41) is 7.43. The van der Waals surface area contributed by atoms with Gasteiger partial charge in [0.2, 0.25) is 5.95 Å². The van der Waals surface area contributed by atoms with Gasteiger partial charge in [-0.1, -0.05) is 0 Å². The summed E-state index contributed by atoms with van der Waals surface area (Å²) in [6.07, 6.45) is 3.40. The van der Waals surface area contributed by atoms with Crippen molar-refractivity contribution in [1.29, 1.82) is 0 Å². The van der Waals surface area contributed by atoms with E-state index in [2.05, 4.69) is 30.4 Å². The van der Waals surface area contributed by atoms with Crippen LogP contribution in [0.1, 0.15) is 11.3 Å². The number of anilines is 2. The predicted octanol–water partition coefficient (Wildman–Crippen LogP) is 0.589. The molecule has 3 aromatic heterocycles. The molecule has 19 heavy (non-hydrogen) atoms. The number of nitrogens with two attached hydrogens (primary N) is 1. The maximum Gasteiger partial charge on any atom is 0.224 e. The summed E-state index contributed by atoms with van der Waals surface area (Å²) in [6.45, 7) is 2.63. The molecule has 0 spiro atoms. The monoisotopic (exact) mass is 258 g/mol. The van der Waals surface area contributed by atoms with Gasteiger partial charge in [-0.15, -0.1) is 0 Å². The van der Waals surface area contributed by atoms with E-state index in [0.717, 1.165) is 16.8 Å². The molecule has 4 N–H and O–H groups in total. The molecule has 0 fully saturated rings. The second-order valence-electron chi connectivity index (χ2n) is 4.26. The number of H-pyrrole nitrogens is 1. The van der Waals surface area contributed by atoms with Gasteiger partial charge < -0.3 is 16.0 Å². The van der Waals surface area contributed by atoms with Crippen LogP contribution in [0.2, 0.25) is 0 Å². The summed E-state index contributed by atoms with van der Waals surface area (Å²) >= 11 is 0. The molecule has 0 saturated carbocycles. The van der Waals surface area contributed by atoms with Crippen molar-refractivity contribution in [2.24, 2.45) is 7.05 Å². The zero-order valence-corrected chi connectivity index (χ0v) is 10.7. The first-order valence-corrected chi connectivity index (χ1v) is 5.83. The summed E-state index contributed by atoms with van der Waals surface area (Å²) in [5.41, 5.74) is 9.16. The Bertz CT molecular complexity index is 725. The average Bonchev–Trinajstić information content (AvgIpc) is 2.96. The quantitative estimate of drug-likeness (QED) is 0.634. The molecule has 8 heteroatoms. The normalized spacial score (nSPS) is 11.1. The molecule has 0 aliphatic carbocycles. The van der Waals surface area contributed by atoms with Gasteiger partial charge >= 0.3 is 0 Å². The fourth-order valence-corrected chi connectivity index (χ4v) is 1.87. The number of nitrogens with one attached hydrogen (secondary N) is 2. The SMILES string of the molecule is Cc1c(CNc2nc(N)nc3nc[nH]c23)cnn1C. The Hall–Kier alpha value is -2.64. The van der Waals surface area contributed by atoms with Crippen molar-refractivity contribution in [1.82, 2.24) is 29.7 Å². The molecule has 0 amide bonds. The van der Waals surface area contributed by atoms with Crippen LogP contribution in [-0.4, -0.2) is 29.7 Å². The van der Waals surface area contributed by atoms with Crippen LogP contribution in [0, 0.1) is 6.92 Å². The third-order valence-electron chi connectivity index (χ3n) is 3.09. The number of rotatable bonds is 3. The highest BCUT2D eigenvalue weighted by molar-refractivity contribution is 5.83. The number of aryl methyl sites for hydroxylation is 1. The van der Waals surface area contributed by atoms with Crippen molar-refractivity contribution in [2.45, 2.75) is 13.5 Å². The molecule has 0 radical (unpaired) electrons. The van der Waals surface area contributed by atoms with Crippen LogP contribution in [0.5, 0.6) is 0 Å². The van der Waals surface area contributed by atoms with Gasteiger partial charge in [-0.05, 0) is 6.92 Å². The number of hydrogen-bond donors (Lipinski definition) is 3. The van der Waals surface area contributed by atoms with Crippen molar-refractivity contribution in [2.75, 3.05) is 11.1 Å². The molecule has 0 bridgehead atoms. The van der Waals surface area contributed by atoms with Crippen LogP contribution in [0.4, 0.5) is 11.8 Å².